The number of thiol groups is 1. The van der Waals surface area contributed by atoms with Crippen LogP contribution in [-0.2, 0) is 4.74 Å². The molecule has 0 saturated carbocycles. The number of esters is 1. The number of carbonyl (C=O) groups excluding carboxylic acids is 1. The van der Waals surface area contributed by atoms with Crippen LogP contribution >= 0.6 is 24.0 Å². The second-order valence-electron chi connectivity index (χ2n) is 3.71. The van der Waals surface area contributed by atoms with Crippen molar-refractivity contribution in [2.45, 2.75) is 32.5 Å². The van der Waals surface area contributed by atoms with Crippen molar-refractivity contribution in [2.24, 2.45) is 0 Å². The molecule has 0 spiro atoms. The normalized spacial score (nSPS) is 14.3. The van der Waals surface area contributed by atoms with Crippen LogP contribution in [0.15, 0.2) is 0 Å². The Hall–Kier alpha value is -0.630. The Morgan fingerprint density at radius 1 is 1.56 bits per heavy atom. The van der Waals surface area contributed by atoms with Crippen LogP contribution in [0.2, 0.25) is 0 Å². The summed E-state index contributed by atoms with van der Waals surface area (Å²) in [6.45, 7) is 3.68. The number of hydrogen-bond acceptors (Lipinski definition) is 7. The van der Waals surface area contributed by atoms with Crippen LogP contribution in [0, 0.1) is 6.92 Å². The second kappa shape index (κ2) is 7.08. The summed E-state index contributed by atoms with van der Waals surface area (Å²) in [5.41, 5.74) is 0.505. The Morgan fingerprint density at radius 3 is 2.78 bits per heavy atom. The minimum absolute atomic E-state index is 0.288. The fraction of sp³-hybridized carbons (Fsp3) is 0.636. The van der Waals surface area contributed by atoms with Crippen LogP contribution in [0.5, 0.6) is 0 Å². The zero-order chi connectivity index (χ0) is 13.7. The lowest BCUT2D eigenvalue weighted by molar-refractivity contribution is 0.0170. The van der Waals surface area contributed by atoms with E-state index in [0.717, 1.165) is 11.3 Å². The lowest BCUT2D eigenvalue weighted by Gasteiger charge is -2.13. The van der Waals surface area contributed by atoms with E-state index in [2.05, 4.69) is 17.6 Å². The molecular formula is C11H17NO4S2. The van der Waals surface area contributed by atoms with E-state index in [9.17, 15) is 15.0 Å². The van der Waals surface area contributed by atoms with Gasteiger partial charge >= 0.3 is 5.97 Å². The SMILES string of the molecule is CCOC(=O)c1sc(C(O)C(O)CCS)nc1C. The predicted octanol–water partition coefficient (Wildman–Crippen LogP) is 1.34. The van der Waals surface area contributed by atoms with Crippen molar-refractivity contribution in [1.29, 1.82) is 0 Å². The van der Waals surface area contributed by atoms with Gasteiger partial charge in [-0.3, -0.25) is 0 Å². The van der Waals surface area contributed by atoms with Gasteiger partial charge in [0, 0.05) is 0 Å². The number of aromatic nitrogens is 1. The van der Waals surface area contributed by atoms with Gasteiger partial charge in [0.15, 0.2) is 0 Å². The van der Waals surface area contributed by atoms with Crippen molar-refractivity contribution in [2.75, 3.05) is 12.4 Å². The number of nitrogens with zero attached hydrogens (tertiary/aromatic N) is 1. The first-order chi connectivity index (χ1) is 8.51. The van der Waals surface area contributed by atoms with Crippen molar-refractivity contribution in [3.63, 3.8) is 0 Å². The Bertz CT molecular complexity index is 408. The van der Waals surface area contributed by atoms with Gasteiger partial charge in [-0.2, -0.15) is 12.6 Å². The monoisotopic (exact) mass is 291 g/mol. The fourth-order valence-corrected chi connectivity index (χ4v) is 2.65. The minimum atomic E-state index is -1.09. The molecular weight excluding hydrogens is 274 g/mol. The lowest BCUT2D eigenvalue weighted by Crippen LogP contribution is -2.18. The topological polar surface area (TPSA) is 79.7 Å². The summed E-state index contributed by atoms with van der Waals surface area (Å²) in [4.78, 5) is 16.1. The van der Waals surface area contributed by atoms with Crippen LogP contribution in [0.3, 0.4) is 0 Å². The van der Waals surface area contributed by atoms with Gasteiger partial charge in [-0.1, -0.05) is 0 Å². The van der Waals surface area contributed by atoms with Crippen molar-refractivity contribution >= 4 is 29.9 Å². The molecule has 2 unspecified atom stereocenters. The van der Waals surface area contributed by atoms with Gasteiger partial charge in [-0.05, 0) is 26.0 Å². The Morgan fingerprint density at radius 2 is 2.22 bits per heavy atom. The molecule has 1 aromatic rings. The largest absolute Gasteiger partial charge is 0.462 e. The summed E-state index contributed by atoms with van der Waals surface area (Å²) in [6, 6.07) is 0. The standard InChI is InChI=1S/C11H17NO4S2/c1-3-16-11(15)9-6(2)12-10(18-9)8(14)7(13)4-5-17/h7-8,13-14,17H,3-5H2,1-2H3. The summed E-state index contributed by atoms with van der Waals surface area (Å²) < 4.78 is 4.88. The van der Waals surface area contributed by atoms with Crippen LogP contribution in [0.25, 0.3) is 0 Å². The minimum Gasteiger partial charge on any atom is -0.462 e. The molecule has 102 valence electrons. The van der Waals surface area contributed by atoms with Gasteiger partial charge in [0.05, 0.1) is 18.4 Å². The molecule has 18 heavy (non-hydrogen) atoms. The van der Waals surface area contributed by atoms with Crippen molar-refractivity contribution in [1.82, 2.24) is 4.98 Å². The molecule has 0 bridgehead atoms. The average Bonchev–Trinajstić information content (AvgIpc) is 2.71. The molecule has 0 radical (unpaired) electrons. The van der Waals surface area contributed by atoms with Gasteiger partial charge in [0.2, 0.25) is 0 Å². The maximum atomic E-state index is 11.6. The number of rotatable bonds is 6. The van der Waals surface area contributed by atoms with Gasteiger partial charge < -0.3 is 14.9 Å². The second-order valence-corrected chi connectivity index (χ2v) is 5.19. The first-order valence-corrected chi connectivity index (χ1v) is 7.07. The molecule has 1 rings (SSSR count). The van der Waals surface area contributed by atoms with Crippen molar-refractivity contribution < 1.29 is 19.7 Å². The van der Waals surface area contributed by atoms with E-state index in [1.807, 2.05) is 0 Å². The number of ether oxygens (including phenoxy) is 1. The average molecular weight is 291 g/mol. The molecule has 0 fully saturated rings. The summed E-state index contributed by atoms with van der Waals surface area (Å²) in [5, 5.41) is 19.9. The maximum Gasteiger partial charge on any atom is 0.350 e. The highest BCUT2D eigenvalue weighted by atomic mass is 32.1. The van der Waals surface area contributed by atoms with E-state index < -0.39 is 18.2 Å². The van der Waals surface area contributed by atoms with Crippen LogP contribution < -0.4 is 0 Å². The first kappa shape index (κ1) is 15.4. The summed E-state index contributed by atoms with van der Waals surface area (Å²) in [5.74, 6) is 0.0162. The van der Waals surface area contributed by atoms with Crippen molar-refractivity contribution in [3.8, 4) is 0 Å². The van der Waals surface area contributed by atoms with Gasteiger partial charge in [-0.15, -0.1) is 11.3 Å². The lowest BCUT2D eigenvalue weighted by atomic mass is 10.1. The Kier molecular flexibility index (Phi) is 6.07. The summed E-state index contributed by atoms with van der Waals surface area (Å²) >= 11 is 5.04. The molecule has 1 aromatic heterocycles. The molecule has 7 heteroatoms. The third kappa shape index (κ3) is 3.68. The smallest absolute Gasteiger partial charge is 0.350 e. The molecule has 2 N–H and O–H groups in total. The van der Waals surface area contributed by atoms with E-state index in [0.29, 0.717) is 27.8 Å². The molecule has 2 atom stereocenters. The number of aliphatic hydroxyl groups excluding tert-OH is 2. The number of aliphatic hydroxyl groups is 2. The number of carbonyl (C=O) groups is 1. The van der Waals surface area contributed by atoms with Crippen LogP contribution in [0.1, 0.15) is 39.8 Å². The van der Waals surface area contributed by atoms with E-state index in [-0.39, 0.29) is 6.61 Å². The predicted molar refractivity (Wildman–Crippen MR) is 72.2 cm³/mol. The maximum absolute atomic E-state index is 11.6. The molecule has 0 saturated heterocycles. The van der Waals surface area contributed by atoms with E-state index in [4.69, 9.17) is 4.74 Å². The quantitative estimate of drug-likeness (QED) is 0.544. The van der Waals surface area contributed by atoms with Gasteiger partial charge in [0.1, 0.15) is 16.0 Å². The van der Waals surface area contributed by atoms with E-state index in [1.54, 1.807) is 13.8 Å². The summed E-state index contributed by atoms with van der Waals surface area (Å²) in [7, 11) is 0. The van der Waals surface area contributed by atoms with Crippen LogP contribution in [-0.4, -0.2) is 39.6 Å². The highest BCUT2D eigenvalue weighted by Gasteiger charge is 2.24. The van der Waals surface area contributed by atoms with Gasteiger partial charge in [-0.25, -0.2) is 9.78 Å². The molecule has 0 aliphatic rings. The summed E-state index contributed by atoms with van der Waals surface area (Å²) in [6.07, 6.45) is -1.66. The van der Waals surface area contributed by atoms with Crippen LogP contribution in [0.4, 0.5) is 0 Å². The van der Waals surface area contributed by atoms with E-state index in [1.165, 1.54) is 0 Å². The molecule has 0 aliphatic carbocycles. The van der Waals surface area contributed by atoms with E-state index >= 15 is 0 Å². The Balaban J connectivity index is 2.86. The fourth-order valence-electron chi connectivity index (χ4n) is 1.38. The zero-order valence-corrected chi connectivity index (χ0v) is 12.0. The zero-order valence-electron chi connectivity index (χ0n) is 10.3. The first-order valence-electron chi connectivity index (χ1n) is 5.62. The molecule has 0 aliphatic heterocycles. The Labute approximate surface area is 115 Å². The highest BCUT2D eigenvalue weighted by molar-refractivity contribution is 7.80. The third-order valence-electron chi connectivity index (χ3n) is 2.32. The number of hydrogen-bond donors (Lipinski definition) is 3. The molecule has 0 amide bonds. The molecule has 5 nitrogen and oxygen atoms in total. The molecule has 0 aromatic carbocycles. The third-order valence-corrected chi connectivity index (χ3v) is 3.78. The number of thiazole rings is 1. The highest BCUT2D eigenvalue weighted by Crippen LogP contribution is 2.27. The van der Waals surface area contributed by atoms with Crippen molar-refractivity contribution in [3.05, 3.63) is 15.6 Å². The van der Waals surface area contributed by atoms with Gasteiger partial charge in [0.25, 0.3) is 0 Å². The number of aryl methyl sites for hydroxylation is 1. The molecule has 1 heterocycles.